The predicted octanol–water partition coefficient (Wildman–Crippen LogP) is 5.07. The van der Waals surface area contributed by atoms with Gasteiger partial charge >= 0.3 is 23.9 Å². The highest BCUT2D eigenvalue weighted by molar-refractivity contribution is 5.93. The maximum atomic E-state index is 12.5. The Bertz CT molecular complexity index is 887. The first-order valence-electron chi connectivity index (χ1n) is 13.4. The van der Waals surface area contributed by atoms with Gasteiger partial charge in [0.05, 0.1) is 37.6 Å². The number of hydrogen-bond acceptors (Lipinski definition) is 8. The van der Waals surface area contributed by atoms with Crippen LogP contribution in [0, 0.1) is 23.7 Å². The second kappa shape index (κ2) is 15.1. The minimum atomic E-state index is -0.414. The summed E-state index contributed by atoms with van der Waals surface area (Å²) in [7, 11) is 0. The average Bonchev–Trinajstić information content (AvgIpc) is 2.97. The monoisotopic (exact) mass is 526 g/mol. The number of rotatable bonds is 12. The topological polar surface area (TPSA) is 105 Å². The summed E-state index contributed by atoms with van der Waals surface area (Å²) in [4.78, 5) is 47.3. The highest BCUT2D eigenvalue weighted by Crippen LogP contribution is 2.30. The second-order valence-electron chi connectivity index (χ2n) is 10.2. The van der Waals surface area contributed by atoms with Gasteiger partial charge in [-0.05, 0) is 99.3 Å². The summed E-state index contributed by atoms with van der Waals surface area (Å²) in [5.74, 6) is -0.378. The molecule has 2 aliphatic rings. The fourth-order valence-corrected chi connectivity index (χ4v) is 4.94. The van der Waals surface area contributed by atoms with Crippen LogP contribution in [0.1, 0.15) is 72.1 Å². The van der Waals surface area contributed by atoms with Crippen LogP contribution >= 0.6 is 0 Å². The van der Waals surface area contributed by atoms with Gasteiger partial charge in [-0.25, -0.2) is 19.2 Å². The SMILES string of the molecule is C=CC(=O)OCC1CCC(COC(=O)c2ccc(C(=O)OCC3CCC(COC(=O)C=C)CC3)cc2)CC1. The van der Waals surface area contributed by atoms with Crippen molar-refractivity contribution in [3.05, 3.63) is 60.7 Å². The number of ether oxygens (including phenoxy) is 4. The minimum absolute atomic E-state index is 0.289. The third-order valence-electron chi connectivity index (χ3n) is 7.45. The van der Waals surface area contributed by atoms with E-state index in [-0.39, 0.29) is 11.8 Å². The summed E-state index contributed by atoms with van der Waals surface area (Å²) < 4.78 is 21.3. The minimum Gasteiger partial charge on any atom is -0.462 e. The van der Waals surface area contributed by atoms with Crippen LogP contribution in [-0.4, -0.2) is 50.3 Å². The van der Waals surface area contributed by atoms with E-state index in [0.717, 1.165) is 51.4 Å². The molecular weight excluding hydrogens is 488 g/mol. The molecule has 0 bridgehead atoms. The van der Waals surface area contributed by atoms with Gasteiger partial charge in [-0.15, -0.1) is 0 Å². The maximum Gasteiger partial charge on any atom is 0.338 e. The van der Waals surface area contributed by atoms with E-state index in [1.807, 2.05) is 0 Å². The zero-order valence-electron chi connectivity index (χ0n) is 21.9. The van der Waals surface area contributed by atoms with E-state index < -0.39 is 23.9 Å². The Morgan fingerprint density at radius 1 is 0.553 bits per heavy atom. The molecule has 0 saturated heterocycles. The average molecular weight is 527 g/mol. The summed E-state index contributed by atoms with van der Waals surface area (Å²) in [5.41, 5.74) is 0.782. The van der Waals surface area contributed by atoms with E-state index in [1.165, 1.54) is 12.2 Å². The Morgan fingerprint density at radius 2 is 0.816 bits per heavy atom. The zero-order chi connectivity index (χ0) is 27.3. The van der Waals surface area contributed by atoms with Crippen LogP contribution in [0.3, 0.4) is 0 Å². The Hall–Kier alpha value is -3.42. The number of esters is 4. The Morgan fingerprint density at radius 3 is 1.08 bits per heavy atom. The normalized spacial score (nSPS) is 22.9. The highest BCUT2D eigenvalue weighted by Gasteiger charge is 2.25. The van der Waals surface area contributed by atoms with Crippen LogP contribution in [0.5, 0.6) is 0 Å². The number of hydrogen-bond donors (Lipinski definition) is 0. The predicted molar refractivity (Wildman–Crippen MR) is 140 cm³/mol. The Kier molecular flexibility index (Phi) is 11.6. The van der Waals surface area contributed by atoms with Gasteiger partial charge in [0, 0.05) is 12.2 Å². The van der Waals surface area contributed by atoms with Crippen LogP contribution in [0.25, 0.3) is 0 Å². The standard InChI is InChI=1S/C30H38O8/c1-3-27(31)35-17-21-5-9-23(10-6-21)19-37-29(33)25-13-15-26(16-14-25)30(34)38-20-24-11-7-22(8-12-24)18-36-28(32)4-2/h3-4,13-16,21-24H,1-2,5-12,17-20H2. The van der Waals surface area contributed by atoms with Gasteiger partial charge in [0.1, 0.15) is 0 Å². The fourth-order valence-electron chi connectivity index (χ4n) is 4.94. The van der Waals surface area contributed by atoms with E-state index in [0.29, 0.717) is 49.4 Å². The lowest BCUT2D eigenvalue weighted by Gasteiger charge is -2.27. The van der Waals surface area contributed by atoms with Gasteiger partial charge < -0.3 is 18.9 Å². The van der Waals surface area contributed by atoms with Gasteiger partial charge in [0.2, 0.25) is 0 Å². The van der Waals surface area contributed by atoms with Crippen LogP contribution in [0.2, 0.25) is 0 Å². The zero-order valence-corrected chi connectivity index (χ0v) is 21.9. The molecule has 2 aliphatic carbocycles. The van der Waals surface area contributed by atoms with Crippen molar-refractivity contribution in [3.8, 4) is 0 Å². The molecule has 0 unspecified atom stereocenters. The van der Waals surface area contributed by atoms with Crippen molar-refractivity contribution < 1.29 is 38.1 Å². The summed E-state index contributed by atoms with van der Waals surface area (Å²) >= 11 is 0. The van der Waals surface area contributed by atoms with Crippen LogP contribution < -0.4 is 0 Å². The molecule has 0 atom stereocenters. The van der Waals surface area contributed by atoms with Gasteiger partial charge in [-0.1, -0.05) is 13.2 Å². The van der Waals surface area contributed by atoms with E-state index >= 15 is 0 Å². The molecule has 0 radical (unpaired) electrons. The van der Waals surface area contributed by atoms with Gasteiger partial charge in [0.15, 0.2) is 0 Å². The molecule has 0 spiro atoms. The molecule has 2 saturated carbocycles. The largest absolute Gasteiger partial charge is 0.462 e. The van der Waals surface area contributed by atoms with Crippen molar-refractivity contribution in [2.75, 3.05) is 26.4 Å². The molecule has 0 heterocycles. The van der Waals surface area contributed by atoms with Crippen LogP contribution in [-0.2, 0) is 28.5 Å². The lowest BCUT2D eigenvalue weighted by Crippen LogP contribution is -2.24. The molecular formula is C30H38O8. The van der Waals surface area contributed by atoms with E-state index in [1.54, 1.807) is 24.3 Å². The second-order valence-corrected chi connectivity index (χ2v) is 10.2. The molecule has 0 aliphatic heterocycles. The molecule has 1 aromatic carbocycles. The van der Waals surface area contributed by atoms with Crippen LogP contribution in [0.15, 0.2) is 49.6 Å². The van der Waals surface area contributed by atoms with Crippen molar-refractivity contribution in [1.29, 1.82) is 0 Å². The third-order valence-corrected chi connectivity index (χ3v) is 7.45. The van der Waals surface area contributed by atoms with Gasteiger partial charge in [-0.2, -0.15) is 0 Å². The summed E-state index contributed by atoms with van der Waals surface area (Å²) in [6.07, 6.45) is 9.71. The van der Waals surface area contributed by atoms with E-state index in [4.69, 9.17) is 18.9 Å². The summed E-state index contributed by atoms with van der Waals surface area (Å²) in [6.45, 7) is 8.30. The van der Waals surface area contributed by atoms with Crippen molar-refractivity contribution in [2.45, 2.75) is 51.4 Å². The van der Waals surface area contributed by atoms with Crippen molar-refractivity contribution >= 4 is 23.9 Å². The molecule has 2 fully saturated rings. The molecule has 0 aromatic heterocycles. The third kappa shape index (κ3) is 9.47. The van der Waals surface area contributed by atoms with E-state index in [2.05, 4.69) is 13.2 Å². The first-order valence-corrected chi connectivity index (χ1v) is 13.4. The summed E-state index contributed by atoms with van der Waals surface area (Å²) in [6, 6.07) is 6.33. The molecule has 0 N–H and O–H groups in total. The number of carbonyl (C=O) groups excluding carboxylic acids is 4. The molecule has 8 nitrogen and oxygen atoms in total. The van der Waals surface area contributed by atoms with Gasteiger partial charge in [0.25, 0.3) is 0 Å². The number of carbonyl (C=O) groups is 4. The molecule has 3 rings (SSSR count). The first kappa shape index (κ1) is 29.1. The van der Waals surface area contributed by atoms with Crippen molar-refractivity contribution in [1.82, 2.24) is 0 Å². The summed E-state index contributed by atoms with van der Waals surface area (Å²) in [5, 5.41) is 0. The Balaban J connectivity index is 1.32. The van der Waals surface area contributed by atoms with Gasteiger partial charge in [-0.3, -0.25) is 0 Å². The first-order chi connectivity index (χ1) is 18.4. The lowest BCUT2D eigenvalue weighted by atomic mass is 9.83. The quantitative estimate of drug-likeness (QED) is 0.211. The molecule has 206 valence electrons. The molecule has 0 amide bonds. The Labute approximate surface area is 224 Å². The fraction of sp³-hybridized carbons (Fsp3) is 0.533. The van der Waals surface area contributed by atoms with E-state index in [9.17, 15) is 19.2 Å². The highest BCUT2D eigenvalue weighted by atomic mass is 16.5. The van der Waals surface area contributed by atoms with Crippen molar-refractivity contribution in [2.24, 2.45) is 23.7 Å². The molecule has 8 heteroatoms. The maximum absolute atomic E-state index is 12.5. The van der Waals surface area contributed by atoms with Crippen molar-refractivity contribution in [3.63, 3.8) is 0 Å². The lowest BCUT2D eigenvalue weighted by molar-refractivity contribution is -0.140. The smallest absolute Gasteiger partial charge is 0.338 e. The number of benzene rings is 1. The molecule has 1 aromatic rings. The van der Waals surface area contributed by atoms with Crippen LogP contribution in [0.4, 0.5) is 0 Å². The molecule has 38 heavy (non-hydrogen) atoms.